The lowest BCUT2D eigenvalue weighted by atomic mass is 10.1. The molecule has 1 aromatic heterocycles. The van der Waals surface area contributed by atoms with Gasteiger partial charge in [0.2, 0.25) is 5.28 Å². The maximum absolute atomic E-state index is 8.66. The van der Waals surface area contributed by atoms with Crippen LogP contribution in [-0.4, -0.2) is 9.97 Å². The van der Waals surface area contributed by atoms with Crippen LogP contribution in [0.3, 0.4) is 0 Å². The molecule has 0 aliphatic heterocycles. The first-order chi connectivity index (χ1) is 8.20. The van der Waals surface area contributed by atoms with E-state index in [9.17, 15) is 0 Å². The van der Waals surface area contributed by atoms with Crippen molar-refractivity contribution in [3.8, 4) is 17.3 Å². The minimum Gasteiger partial charge on any atom is -0.225 e. The van der Waals surface area contributed by atoms with Gasteiger partial charge in [0.1, 0.15) is 0 Å². The second-order valence-corrected chi connectivity index (χ2v) is 4.12. The number of halogens is 2. The van der Waals surface area contributed by atoms with E-state index in [0.29, 0.717) is 17.1 Å². The highest BCUT2D eigenvalue weighted by atomic mass is 35.5. The number of benzene rings is 1. The van der Waals surface area contributed by atoms with E-state index in [1.807, 2.05) is 24.3 Å². The summed E-state index contributed by atoms with van der Waals surface area (Å²) in [6.07, 6.45) is 1.81. The molecule has 0 saturated carbocycles. The Balaban J connectivity index is 2.49. The molecule has 0 spiro atoms. The Morgan fingerprint density at radius 1 is 1.29 bits per heavy atom. The summed E-state index contributed by atoms with van der Waals surface area (Å²) in [6, 6.07) is 9.57. The monoisotopic (exact) mass is 263 g/mol. The highest BCUT2D eigenvalue weighted by molar-refractivity contribution is 6.33. The molecule has 2 aromatic rings. The maximum atomic E-state index is 8.66. The fourth-order valence-electron chi connectivity index (χ4n) is 1.47. The zero-order valence-corrected chi connectivity index (χ0v) is 10.2. The number of aromatic nitrogens is 2. The molecule has 0 unspecified atom stereocenters. The van der Waals surface area contributed by atoms with Gasteiger partial charge in [0.25, 0.3) is 0 Å². The van der Waals surface area contributed by atoms with Crippen molar-refractivity contribution in [2.24, 2.45) is 0 Å². The van der Waals surface area contributed by atoms with Gasteiger partial charge in [-0.2, -0.15) is 5.26 Å². The molecule has 17 heavy (non-hydrogen) atoms. The van der Waals surface area contributed by atoms with Gasteiger partial charge in [0.05, 0.1) is 29.4 Å². The van der Waals surface area contributed by atoms with Crippen LogP contribution in [0.25, 0.3) is 11.3 Å². The van der Waals surface area contributed by atoms with Gasteiger partial charge in [-0.05, 0) is 23.2 Å². The fraction of sp³-hybridized carbons (Fsp3) is 0.0833. The first-order valence-electron chi connectivity index (χ1n) is 4.85. The molecule has 0 N–H and O–H groups in total. The first-order valence-corrected chi connectivity index (χ1v) is 5.60. The molecule has 84 valence electrons. The van der Waals surface area contributed by atoms with E-state index in [1.165, 1.54) is 6.20 Å². The minimum atomic E-state index is 0.148. The smallest absolute Gasteiger partial charge is 0.222 e. The van der Waals surface area contributed by atoms with Gasteiger partial charge in [-0.15, -0.1) is 0 Å². The van der Waals surface area contributed by atoms with Crippen molar-refractivity contribution in [1.29, 1.82) is 5.26 Å². The van der Waals surface area contributed by atoms with Gasteiger partial charge < -0.3 is 0 Å². The molecular weight excluding hydrogens is 257 g/mol. The molecule has 0 radical (unpaired) electrons. The second kappa shape index (κ2) is 5.13. The van der Waals surface area contributed by atoms with Crippen LogP contribution in [0.5, 0.6) is 0 Å². The fourth-order valence-corrected chi connectivity index (χ4v) is 1.80. The van der Waals surface area contributed by atoms with Gasteiger partial charge in [-0.25, -0.2) is 9.97 Å². The zero-order chi connectivity index (χ0) is 12.3. The molecule has 5 heteroatoms. The van der Waals surface area contributed by atoms with E-state index < -0.39 is 0 Å². The molecular formula is C12H7Cl2N3. The third-order valence-corrected chi connectivity index (χ3v) is 2.66. The minimum absolute atomic E-state index is 0.148. The molecule has 0 atom stereocenters. The summed E-state index contributed by atoms with van der Waals surface area (Å²) in [7, 11) is 0. The lowest BCUT2D eigenvalue weighted by Gasteiger charge is -2.04. The molecule has 0 saturated heterocycles. The van der Waals surface area contributed by atoms with E-state index in [4.69, 9.17) is 28.5 Å². The molecule has 0 bridgehead atoms. The first kappa shape index (κ1) is 11.8. The van der Waals surface area contributed by atoms with Crippen molar-refractivity contribution in [3.63, 3.8) is 0 Å². The van der Waals surface area contributed by atoms with Crippen LogP contribution in [0.2, 0.25) is 10.3 Å². The summed E-state index contributed by atoms with van der Waals surface area (Å²) in [4.78, 5) is 7.88. The quantitative estimate of drug-likeness (QED) is 0.780. The van der Waals surface area contributed by atoms with Crippen molar-refractivity contribution < 1.29 is 0 Å². The number of hydrogen-bond acceptors (Lipinski definition) is 3. The van der Waals surface area contributed by atoms with E-state index in [0.717, 1.165) is 11.1 Å². The number of nitrogens with zero attached hydrogens (tertiary/aromatic N) is 3. The van der Waals surface area contributed by atoms with Crippen molar-refractivity contribution >= 4 is 23.2 Å². The summed E-state index contributed by atoms with van der Waals surface area (Å²) in [5, 5.41) is 9.24. The third kappa shape index (κ3) is 2.73. The highest BCUT2D eigenvalue weighted by Gasteiger charge is 2.07. The summed E-state index contributed by atoms with van der Waals surface area (Å²) < 4.78 is 0. The molecule has 0 amide bonds. The second-order valence-electron chi connectivity index (χ2n) is 3.37. The van der Waals surface area contributed by atoms with Crippen molar-refractivity contribution in [3.05, 3.63) is 46.3 Å². The predicted molar refractivity (Wildman–Crippen MR) is 66.8 cm³/mol. The number of nitriles is 1. The summed E-state index contributed by atoms with van der Waals surface area (Å²) in [6.45, 7) is 0. The molecule has 2 rings (SSSR count). The van der Waals surface area contributed by atoms with Gasteiger partial charge in [0.15, 0.2) is 0 Å². The highest BCUT2D eigenvalue weighted by Crippen LogP contribution is 2.26. The molecule has 3 nitrogen and oxygen atoms in total. The van der Waals surface area contributed by atoms with Crippen LogP contribution in [-0.2, 0) is 6.42 Å². The van der Waals surface area contributed by atoms with Gasteiger partial charge in [0, 0.05) is 5.56 Å². The Kier molecular flexibility index (Phi) is 3.58. The normalized spacial score (nSPS) is 9.94. The van der Waals surface area contributed by atoms with Crippen LogP contribution >= 0.6 is 23.2 Å². The van der Waals surface area contributed by atoms with Crippen molar-refractivity contribution in [1.82, 2.24) is 9.97 Å². The molecule has 0 fully saturated rings. The van der Waals surface area contributed by atoms with Crippen molar-refractivity contribution in [2.75, 3.05) is 0 Å². The van der Waals surface area contributed by atoms with Crippen LogP contribution in [0.15, 0.2) is 30.5 Å². The van der Waals surface area contributed by atoms with Crippen LogP contribution < -0.4 is 0 Å². The molecule has 0 aliphatic carbocycles. The van der Waals surface area contributed by atoms with Crippen LogP contribution in [0.1, 0.15) is 5.56 Å². The van der Waals surface area contributed by atoms with Crippen LogP contribution in [0, 0.1) is 11.3 Å². The molecule has 1 heterocycles. The molecule has 1 aromatic carbocycles. The Hall–Kier alpha value is -1.63. The maximum Gasteiger partial charge on any atom is 0.222 e. The molecule has 0 aliphatic rings. The topological polar surface area (TPSA) is 49.6 Å². The third-order valence-electron chi connectivity index (χ3n) is 2.20. The summed E-state index contributed by atoms with van der Waals surface area (Å²) in [5.74, 6) is 0. The Morgan fingerprint density at radius 3 is 2.88 bits per heavy atom. The largest absolute Gasteiger partial charge is 0.225 e. The van der Waals surface area contributed by atoms with E-state index in [-0.39, 0.29) is 5.28 Å². The van der Waals surface area contributed by atoms with Gasteiger partial charge in [-0.3, -0.25) is 0 Å². The Labute approximate surface area is 109 Å². The number of rotatable bonds is 2. The lowest BCUT2D eigenvalue weighted by Crippen LogP contribution is -1.90. The van der Waals surface area contributed by atoms with E-state index >= 15 is 0 Å². The average Bonchev–Trinajstić information content (AvgIpc) is 2.33. The van der Waals surface area contributed by atoms with Gasteiger partial charge in [-0.1, -0.05) is 29.8 Å². The lowest BCUT2D eigenvalue weighted by molar-refractivity contribution is 1.17. The van der Waals surface area contributed by atoms with E-state index in [1.54, 1.807) is 0 Å². The standard InChI is InChI=1S/C12H7Cl2N3/c13-10-7-16-12(14)17-11(10)9-3-1-2-8(6-9)4-5-15/h1-3,6-7H,4H2. The average molecular weight is 264 g/mol. The number of hydrogen-bond donors (Lipinski definition) is 0. The predicted octanol–water partition coefficient (Wildman–Crippen LogP) is 3.52. The Morgan fingerprint density at radius 2 is 2.12 bits per heavy atom. The Bertz CT molecular complexity index is 591. The van der Waals surface area contributed by atoms with Crippen LogP contribution in [0.4, 0.5) is 0 Å². The SMILES string of the molecule is N#CCc1cccc(-c2nc(Cl)ncc2Cl)c1. The van der Waals surface area contributed by atoms with E-state index in [2.05, 4.69) is 16.0 Å². The van der Waals surface area contributed by atoms with Gasteiger partial charge >= 0.3 is 0 Å². The zero-order valence-electron chi connectivity index (χ0n) is 8.69. The van der Waals surface area contributed by atoms with Crippen molar-refractivity contribution in [2.45, 2.75) is 6.42 Å². The summed E-state index contributed by atoms with van der Waals surface area (Å²) in [5.41, 5.74) is 2.31. The summed E-state index contributed by atoms with van der Waals surface area (Å²) >= 11 is 11.7.